The van der Waals surface area contributed by atoms with Crippen molar-refractivity contribution in [3.05, 3.63) is 349 Å². The Kier molecular flexibility index (Phi) is 11.9. The molecule has 0 unspecified atom stereocenters. The standard InChI is InChI=1S/C87H58N2O2/c1-55-25-21-37-63(49-55)88(77-45-23-43-71-81-66-39-17-15-31-59(66)51-73(85(81)90-83(71)77)57-27-7-3-8-28-57)65-47-48-70-75(53-65)87(61-33-11-5-12-34-61,62-35-13-6-14-36-62)76-54-79(68-41-19-20-42-69(68)80(70)76)89(64-38-22-26-56(2)50-64)78-46-24-44-72-82-67-40-18-16-32-60(67)52-74(86(82)91-84(72)78)58-29-9-4-10-30-58/h3-54H,1-2H3. The Morgan fingerprint density at radius 2 is 0.703 bits per heavy atom. The van der Waals surface area contributed by atoms with Crippen LogP contribution in [0.5, 0.6) is 0 Å². The quantitative estimate of drug-likeness (QED) is 0.137. The number of aryl methyl sites for hydroxylation is 2. The Hall–Kier alpha value is -11.7. The van der Waals surface area contributed by atoms with Crippen LogP contribution in [-0.4, -0.2) is 0 Å². The first-order chi connectivity index (χ1) is 45.0. The van der Waals surface area contributed by atoms with Gasteiger partial charge in [-0.05, 0) is 163 Å². The van der Waals surface area contributed by atoms with Crippen LogP contribution in [0.15, 0.2) is 324 Å². The Labute approximate surface area is 527 Å². The van der Waals surface area contributed by atoms with Gasteiger partial charge in [0.05, 0.1) is 22.5 Å². The first kappa shape index (κ1) is 52.4. The molecule has 0 bridgehead atoms. The maximum Gasteiger partial charge on any atom is 0.159 e. The zero-order chi connectivity index (χ0) is 60.3. The van der Waals surface area contributed by atoms with E-state index in [-0.39, 0.29) is 0 Å². The summed E-state index contributed by atoms with van der Waals surface area (Å²) >= 11 is 0. The van der Waals surface area contributed by atoms with Crippen LogP contribution in [0, 0.1) is 13.8 Å². The second-order valence-electron chi connectivity index (χ2n) is 24.4. The van der Waals surface area contributed by atoms with Crippen molar-refractivity contribution in [2.45, 2.75) is 19.3 Å². The van der Waals surface area contributed by atoms with Crippen molar-refractivity contribution in [1.29, 1.82) is 0 Å². The lowest BCUT2D eigenvalue weighted by Crippen LogP contribution is -2.29. The molecule has 1 aliphatic rings. The average Bonchev–Trinajstić information content (AvgIpc) is 1.54. The third kappa shape index (κ3) is 8.02. The summed E-state index contributed by atoms with van der Waals surface area (Å²) in [6.07, 6.45) is 0. The molecule has 0 saturated carbocycles. The Bertz CT molecular complexity index is 5710. The number of hydrogen-bond acceptors (Lipinski definition) is 4. The van der Waals surface area contributed by atoms with E-state index in [0.29, 0.717) is 0 Å². The molecule has 428 valence electrons. The summed E-state index contributed by atoms with van der Waals surface area (Å²) in [6.45, 7) is 4.36. The zero-order valence-electron chi connectivity index (χ0n) is 50.2. The van der Waals surface area contributed by atoms with Gasteiger partial charge in [-0.2, -0.15) is 0 Å². The summed E-state index contributed by atoms with van der Waals surface area (Å²) in [6, 6.07) is 116. The minimum absolute atomic E-state index is 0.822. The summed E-state index contributed by atoms with van der Waals surface area (Å²) in [4.78, 5) is 4.90. The zero-order valence-corrected chi connectivity index (χ0v) is 50.2. The minimum atomic E-state index is -0.831. The number of fused-ring (bicyclic) bond motifs is 15. The molecule has 18 rings (SSSR count). The van der Waals surface area contributed by atoms with E-state index in [4.69, 9.17) is 8.83 Å². The predicted octanol–water partition coefficient (Wildman–Crippen LogP) is 24.2. The maximum atomic E-state index is 7.52. The number of anilines is 6. The van der Waals surface area contributed by atoms with E-state index in [9.17, 15) is 0 Å². The van der Waals surface area contributed by atoms with Gasteiger partial charge in [-0.1, -0.05) is 249 Å². The fourth-order valence-corrected chi connectivity index (χ4v) is 15.3. The van der Waals surface area contributed by atoms with E-state index in [0.717, 1.165) is 133 Å². The number of rotatable bonds is 10. The van der Waals surface area contributed by atoms with Gasteiger partial charge in [0.1, 0.15) is 11.2 Å². The van der Waals surface area contributed by atoms with Gasteiger partial charge in [0.2, 0.25) is 0 Å². The van der Waals surface area contributed by atoms with Crippen LogP contribution >= 0.6 is 0 Å². The molecule has 0 spiro atoms. The van der Waals surface area contributed by atoms with Crippen LogP contribution < -0.4 is 9.80 Å². The second-order valence-corrected chi connectivity index (χ2v) is 24.4. The average molecular weight is 1160 g/mol. The molecule has 4 heteroatoms. The van der Waals surface area contributed by atoms with Crippen LogP contribution in [0.25, 0.3) is 110 Å². The van der Waals surface area contributed by atoms with Gasteiger partial charge in [-0.3, -0.25) is 0 Å². The lowest BCUT2D eigenvalue weighted by atomic mass is 9.67. The molecule has 0 amide bonds. The predicted molar refractivity (Wildman–Crippen MR) is 381 cm³/mol. The molecule has 0 saturated heterocycles. The Morgan fingerprint density at radius 3 is 1.23 bits per heavy atom. The molecule has 91 heavy (non-hydrogen) atoms. The molecule has 0 aliphatic heterocycles. The van der Waals surface area contributed by atoms with E-state index in [1.54, 1.807) is 0 Å². The van der Waals surface area contributed by atoms with Gasteiger partial charge >= 0.3 is 0 Å². The number of furan rings is 2. The van der Waals surface area contributed by atoms with Gasteiger partial charge in [0, 0.05) is 55.1 Å². The molecule has 17 aromatic rings. The maximum absolute atomic E-state index is 7.52. The molecule has 0 radical (unpaired) electrons. The highest BCUT2D eigenvalue weighted by molar-refractivity contribution is 6.26. The van der Waals surface area contributed by atoms with E-state index in [2.05, 4.69) is 339 Å². The van der Waals surface area contributed by atoms with Gasteiger partial charge in [-0.25, -0.2) is 0 Å². The molecule has 15 aromatic carbocycles. The Morgan fingerprint density at radius 1 is 0.275 bits per heavy atom. The summed E-state index contributed by atoms with van der Waals surface area (Å²) in [5.74, 6) is 0. The molecular weight excluding hydrogens is 1100 g/mol. The monoisotopic (exact) mass is 1160 g/mol. The highest BCUT2D eigenvalue weighted by Crippen LogP contribution is 2.62. The molecule has 2 heterocycles. The van der Waals surface area contributed by atoms with Crippen molar-refractivity contribution in [1.82, 2.24) is 0 Å². The lowest BCUT2D eigenvalue weighted by Gasteiger charge is -2.36. The number of para-hydroxylation sites is 2. The smallest absolute Gasteiger partial charge is 0.159 e. The van der Waals surface area contributed by atoms with Crippen LogP contribution in [-0.2, 0) is 5.41 Å². The van der Waals surface area contributed by atoms with E-state index in [1.807, 2.05) is 0 Å². The normalized spacial score (nSPS) is 12.6. The SMILES string of the molecule is Cc1cccc(N(c2ccc3c(c2)C(c2ccccc2)(c2ccccc2)c2cc(N(c4cccc(C)c4)c4cccc5c4oc4c(-c6ccccc6)cc6ccccc6c45)c4ccccc4c2-3)c2cccc3c2oc2c(-c4ccccc4)cc4ccccc4c23)c1. The molecule has 0 N–H and O–H groups in total. The van der Waals surface area contributed by atoms with Crippen molar-refractivity contribution in [2.24, 2.45) is 0 Å². The third-order valence-electron chi connectivity index (χ3n) is 19.1. The fourth-order valence-electron chi connectivity index (χ4n) is 15.3. The number of benzene rings is 15. The van der Waals surface area contributed by atoms with Crippen LogP contribution in [0.4, 0.5) is 34.1 Å². The fraction of sp³-hybridized carbons (Fsp3) is 0.0345. The van der Waals surface area contributed by atoms with Gasteiger partial charge in [-0.15, -0.1) is 0 Å². The van der Waals surface area contributed by atoms with Crippen molar-refractivity contribution >= 4 is 110 Å². The molecule has 2 aromatic heterocycles. The topological polar surface area (TPSA) is 32.8 Å². The van der Waals surface area contributed by atoms with Crippen LogP contribution in [0.1, 0.15) is 33.4 Å². The molecule has 0 atom stereocenters. The van der Waals surface area contributed by atoms with Crippen LogP contribution in [0.3, 0.4) is 0 Å². The first-order valence-electron chi connectivity index (χ1n) is 31.4. The molecule has 4 nitrogen and oxygen atoms in total. The van der Waals surface area contributed by atoms with E-state index < -0.39 is 5.41 Å². The van der Waals surface area contributed by atoms with Crippen LogP contribution in [0.2, 0.25) is 0 Å². The van der Waals surface area contributed by atoms with Gasteiger partial charge < -0.3 is 18.6 Å². The van der Waals surface area contributed by atoms with Gasteiger partial charge in [0.25, 0.3) is 0 Å². The minimum Gasteiger partial charge on any atom is -0.453 e. The third-order valence-corrected chi connectivity index (χ3v) is 19.1. The summed E-state index contributed by atoms with van der Waals surface area (Å²) < 4.78 is 15.0. The first-order valence-corrected chi connectivity index (χ1v) is 31.4. The molecule has 0 fully saturated rings. The lowest BCUT2D eigenvalue weighted by molar-refractivity contribution is 0.670. The second kappa shape index (κ2) is 20.7. The highest BCUT2D eigenvalue weighted by Gasteiger charge is 2.48. The molecular formula is C87H58N2O2. The van der Waals surface area contributed by atoms with Gasteiger partial charge in [0.15, 0.2) is 11.2 Å². The largest absolute Gasteiger partial charge is 0.453 e. The molecule has 1 aliphatic carbocycles. The van der Waals surface area contributed by atoms with Crippen molar-refractivity contribution in [3.8, 4) is 33.4 Å². The highest BCUT2D eigenvalue weighted by atomic mass is 16.3. The van der Waals surface area contributed by atoms with Crippen molar-refractivity contribution < 1.29 is 8.83 Å². The number of nitrogens with zero attached hydrogens (tertiary/aromatic N) is 2. The summed E-state index contributed by atoms with van der Waals surface area (Å²) in [5.41, 5.74) is 22.4. The van der Waals surface area contributed by atoms with E-state index in [1.165, 1.54) is 44.2 Å². The number of hydrogen-bond donors (Lipinski definition) is 0. The van der Waals surface area contributed by atoms with Crippen molar-refractivity contribution in [2.75, 3.05) is 9.80 Å². The summed E-state index contributed by atoms with van der Waals surface area (Å²) in [5, 5.41) is 11.3. The summed E-state index contributed by atoms with van der Waals surface area (Å²) in [7, 11) is 0. The Balaban J connectivity index is 0.922. The van der Waals surface area contributed by atoms with Crippen molar-refractivity contribution in [3.63, 3.8) is 0 Å². The van der Waals surface area contributed by atoms with E-state index >= 15 is 0 Å².